The largest absolute Gasteiger partial charge is 0.352 e. The number of aromatic amines is 1. The molecule has 0 unspecified atom stereocenters. The van der Waals surface area contributed by atoms with Gasteiger partial charge in [-0.2, -0.15) is 5.10 Å². The maximum Gasteiger partial charge on any atom is 0.220 e. The first-order valence-corrected chi connectivity index (χ1v) is 7.01. The molecule has 20 heavy (non-hydrogen) atoms. The quantitative estimate of drug-likeness (QED) is 0.848. The lowest BCUT2D eigenvalue weighted by atomic mass is 9.93. The molecule has 4 heteroatoms. The summed E-state index contributed by atoms with van der Waals surface area (Å²) in [6.45, 7) is 4.60. The molecule has 1 aromatic heterocycles. The highest BCUT2D eigenvalue weighted by molar-refractivity contribution is 5.76. The molecule has 0 bridgehead atoms. The number of nitrogens with one attached hydrogen (secondary N) is 2. The number of carbonyl (C=O) groups excluding carboxylic acids is 1. The molecule has 0 spiro atoms. The Balaban J connectivity index is 1.88. The number of nitrogens with zero attached hydrogens (tertiary/aromatic N) is 1. The number of amides is 1. The van der Waals surface area contributed by atoms with E-state index in [-0.39, 0.29) is 11.8 Å². The van der Waals surface area contributed by atoms with Crippen LogP contribution in [0.5, 0.6) is 0 Å². The van der Waals surface area contributed by atoms with Gasteiger partial charge in [0.25, 0.3) is 0 Å². The number of rotatable bonds is 6. The van der Waals surface area contributed by atoms with E-state index in [1.165, 1.54) is 5.56 Å². The molecule has 1 heterocycles. The van der Waals surface area contributed by atoms with Crippen molar-refractivity contribution in [3.63, 3.8) is 0 Å². The molecule has 4 nitrogen and oxygen atoms in total. The molecular formula is C16H21N3O. The second-order valence-corrected chi connectivity index (χ2v) is 5.02. The van der Waals surface area contributed by atoms with Gasteiger partial charge in [-0.05, 0) is 24.8 Å². The summed E-state index contributed by atoms with van der Waals surface area (Å²) in [7, 11) is 0. The van der Waals surface area contributed by atoms with Gasteiger partial charge >= 0.3 is 0 Å². The average molecular weight is 271 g/mol. The first kappa shape index (κ1) is 14.3. The fourth-order valence-corrected chi connectivity index (χ4v) is 2.27. The van der Waals surface area contributed by atoms with Crippen LogP contribution in [0, 0.1) is 6.92 Å². The van der Waals surface area contributed by atoms with E-state index in [0.29, 0.717) is 13.0 Å². The normalized spacial score (nSPS) is 12.1. The maximum atomic E-state index is 12.1. The van der Waals surface area contributed by atoms with Crippen LogP contribution in [-0.2, 0) is 11.3 Å². The third-order valence-corrected chi connectivity index (χ3v) is 3.61. The summed E-state index contributed by atoms with van der Waals surface area (Å²) in [6.07, 6.45) is 3.24. The van der Waals surface area contributed by atoms with E-state index in [4.69, 9.17) is 0 Å². The Morgan fingerprint density at radius 3 is 2.70 bits per heavy atom. The number of hydrogen-bond acceptors (Lipinski definition) is 2. The van der Waals surface area contributed by atoms with E-state index in [0.717, 1.165) is 17.7 Å². The van der Waals surface area contributed by atoms with Gasteiger partial charge in [-0.1, -0.05) is 37.3 Å². The minimum absolute atomic E-state index is 0.0845. The van der Waals surface area contributed by atoms with Gasteiger partial charge in [-0.3, -0.25) is 9.89 Å². The van der Waals surface area contributed by atoms with E-state index in [1.54, 1.807) is 6.20 Å². The fraction of sp³-hybridized carbons (Fsp3) is 0.375. The van der Waals surface area contributed by atoms with Crippen LogP contribution in [-0.4, -0.2) is 16.1 Å². The van der Waals surface area contributed by atoms with E-state index in [2.05, 4.69) is 34.6 Å². The zero-order valence-electron chi connectivity index (χ0n) is 12.0. The molecule has 1 atom stereocenters. The Bertz CT molecular complexity index is 548. The summed E-state index contributed by atoms with van der Waals surface area (Å²) in [5.41, 5.74) is 3.26. The van der Waals surface area contributed by atoms with E-state index < -0.39 is 0 Å². The average Bonchev–Trinajstić information content (AvgIpc) is 2.89. The molecule has 0 saturated carbocycles. The lowest BCUT2D eigenvalue weighted by Gasteiger charge is -2.15. The Morgan fingerprint density at radius 1 is 1.35 bits per heavy atom. The van der Waals surface area contributed by atoms with Crippen molar-refractivity contribution in [3.8, 4) is 0 Å². The standard InChI is InChI=1S/C16H21N3O/c1-3-13(14-7-5-4-6-8-14)9-16(20)17-10-15-11-18-19-12(15)2/h4-8,11,13H,3,9-10H2,1-2H3,(H,17,20)(H,18,19)/t13-/m0/s1. The number of aromatic nitrogens is 2. The number of H-pyrrole nitrogens is 1. The van der Waals surface area contributed by atoms with E-state index in [1.807, 2.05) is 25.1 Å². The third-order valence-electron chi connectivity index (χ3n) is 3.61. The molecule has 0 fully saturated rings. The number of benzene rings is 1. The summed E-state index contributed by atoms with van der Waals surface area (Å²) in [4.78, 5) is 12.1. The molecule has 106 valence electrons. The molecule has 0 aliphatic carbocycles. The van der Waals surface area contributed by atoms with Gasteiger partial charge in [0.15, 0.2) is 0 Å². The predicted molar refractivity (Wildman–Crippen MR) is 79.3 cm³/mol. The Morgan fingerprint density at radius 2 is 2.10 bits per heavy atom. The third kappa shape index (κ3) is 3.70. The molecule has 2 aromatic rings. The highest BCUT2D eigenvalue weighted by atomic mass is 16.1. The molecule has 1 amide bonds. The topological polar surface area (TPSA) is 57.8 Å². The molecular weight excluding hydrogens is 250 g/mol. The number of carbonyl (C=O) groups is 1. The van der Waals surface area contributed by atoms with Crippen molar-refractivity contribution in [1.29, 1.82) is 0 Å². The molecule has 1 aromatic carbocycles. The van der Waals surface area contributed by atoms with Gasteiger partial charge in [0.1, 0.15) is 0 Å². The maximum absolute atomic E-state index is 12.1. The van der Waals surface area contributed by atoms with Crippen LogP contribution >= 0.6 is 0 Å². The van der Waals surface area contributed by atoms with Crippen molar-refractivity contribution in [3.05, 3.63) is 53.3 Å². The highest BCUT2D eigenvalue weighted by Crippen LogP contribution is 2.22. The minimum Gasteiger partial charge on any atom is -0.352 e. The monoisotopic (exact) mass is 271 g/mol. The smallest absolute Gasteiger partial charge is 0.220 e. The van der Waals surface area contributed by atoms with Crippen LogP contribution in [0.25, 0.3) is 0 Å². The number of hydrogen-bond donors (Lipinski definition) is 2. The van der Waals surface area contributed by atoms with Gasteiger partial charge in [0.05, 0.1) is 6.20 Å². The first-order valence-electron chi connectivity index (χ1n) is 7.01. The molecule has 2 rings (SSSR count). The first-order chi connectivity index (χ1) is 9.70. The SMILES string of the molecule is CC[C@@H](CC(=O)NCc1cn[nH]c1C)c1ccccc1. The van der Waals surface area contributed by atoms with Gasteiger partial charge in [0, 0.05) is 24.2 Å². The van der Waals surface area contributed by atoms with Crippen LogP contribution in [0.1, 0.15) is 42.5 Å². The van der Waals surface area contributed by atoms with Crippen molar-refractivity contribution in [2.75, 3.05) is 0 Å². The van der Waals surface area contributed by atoms with Crippen molar-refractivity contribution in [2.45, 2.75) is 39.2 Å². The molecule has 0 saturated heterocycles. The van der Waals surface area contributed by atoms with Crippen LogP contribution in [0.15, 0.2) is 36.5 Å². The van der Waals surface area contributed by atoms with Crippen molar-refractivity contribution in [2.24, 2.45) is 0 Å². The minimum atomic E-state index is 0.0845. The van der Waals surface area contributed by atoms with Crippen LogP contribution < -0.4 is 5.32 Å². The van der Waals surface area contributed by atoms with Crippen molar-refractivity contribution >= 4 is 5.91 Å². The molecule has 0 aliphatic rings. The summed E-state index contributed by atoms with van der Waals surface area (Å²) in [5, 5.41) is 9.78. The second kappa shape index (κ2) is 6.89. The van der Waals surface area contributed by atoms with E-state index >= 15 is 0 Å². The molecule has 0 radical (unpaired) electrons. The van der Waals surface area contributed by atoms with Gasteiger partial charge in [-0.25, -0.2) is 0 Å². The zero-order chi connectivity index (χ0) is 14.4. The predicted octanol–water partition coefficient (Wildman–Crippen LogP) is 2.92. The molecule has 0 aliphatic heterocycles. The Labute approximate surface area is 119 Å². The van der Waals surface area contributed by atoms with E-state index in [9.17, 15) is 4.79 Å². The number of aryl methyl sites for hydroxylation is 1. The van der Waals surface area contributed by atoms with Crippen LogP contribution in [0.2, 0.25) is 0 Å². The summed E-state index contributed by atoms with van der Waals surface area (Å²) < 4.78 is 0. The fourth-order valence-electron chi connectivity index (χ4n) is 2.27. The highest BCUT2D eigenvalue weighted by Gasteiger charge is 2.14. The Kier molecular flexibility index (Phi) is 4.93. The van der Waals surface area contributed by atoms with Crippen LogP contribution in [0.4, 0.5) is 0 Å². The zero-order valence-corrected chi connectivity index (χ0v) is 12.0. The summed E-state index contributed by atoms with van der Waals surface area (Å²) in [5.74, 6) is 0.364. The van der Waals surface area contributed by atoms with Crippen molar-refractivity contribution in [1.82, 2.24) is 15.5 Å². The van der Waals surface area contributed by atoms with Crippen molar-refractivity contribution < 1.29 is 4.79 Å². The lowest BCUT2D eigenvalue weighted by molar-refractivity contribution is -0.121. The lowest BCUT2D eigenvalue weighted by Crippen LogP contribution is -2.24. The Hall–Kier alpha value is -2.10. The van der Waals surface area contributed by atoms with Gasteiger partial charge in [0.2, 0.25) is 5.91 Å². The summed E-state index contributed by atoms with van der Waals surface area (Å²) in [6, 6.07) is 10.2. The summed E-state index contributed by atoms with van der Waals surface area (Å²) >= 11 is 0. The van der Waals surface area contributed by atoms with Gasteiger partial charge < -0.3 is 5.32 Å². The molecule has 2 N–H and O–H groups in total. The van der Waals surface area contributed by atoms with Gasteiger partial charge in [-0.15, -0.1) is 0 Å². The second-order valence-electron chi connectivity index (χ2n) is 5.02. The van der Waals surface area contributed by atoms with Crippen LogP contribution in [0.3, 0.4) is 0 Å².